The molecule has 1 N–H and O–H groups in total. The molecule has 7 nitrogen and oxygen atoms in total. The molecule has 0 heterocycles. The van der Waals surface area contributed by atoms with E-state index in [1.165, 1.54) is 25.1 Å². The zero-order valence-corrected chi connectivity index (χ0v) is 16.5. The quantitative estimate of drug-likeness (QED) is 0.711. The van der Waals surface area contributed by atoms with Crippen molar-refractivity contribution in [3.05, 3.63) is 59.9 Å². The molecule has 0 aliphatic rings. The number of carbonyl (C=O) groups is 2. The molecule has 28 heavy (non-hydrogen) atoms. The van der Waals surface area contributed by atoms with E-state index >= 15 is 0 Å². The van der Waals surface area contributed by atoms with Crippen molar-refractivity contribution in [2.75, 3.05) is 22.4 Å². The van der Waals surface area contributed by atoms with Gasteiger partial charge in [-0.15, -0.1) is 0 Å². The van der Waals surface area contributed by atoms with Gasteiger partial charge >= 0.3 is 5.97 Å². The van der Waals surface area contributed by atoms with Gasteiger partial charge in [-0.1, -0.05) is 24.3 Å². The zero-order chi connectivity index (χ0) is 20.9. The molecule has 0 saturated heterocycles. The normalized spacial score (nSPS) is 12.1. The van der Waals surface area contributed by atoms with Crippen molar-refractivity contribution in [3.8, 4) is 0 Å². The average molecular weight is 408 g/mol. The number of hydrogen-bond acceptors (Lipinski definition) is 5. The molecule has 0 spiro atoms. The Labute approximate surface area is 163 Å². The first kappa shape index (κ1) is 21.4. The minimum atomic E-state index is -3.75. The van der Waals surface area contributed by atoms with Crippen molar-refractivity contribution >= 4 is 33.3 Å². The highest BCUT2D eigenvalue weighted by molar-refractivity contribution is 7.92. The molecule has 0 fully saturated rings. The third-order valence-corrected chi connectivity index (χ3v) is 4.95. The molecule has 1 amide bonds. The van der Waals surface area contributed by atoms with E-state index in [9.17, 15) is 22.4 Å². The SMILES string of the molecule is Cc1ccccc1N(CC(=O)O[C@H](C)C(=O)Nc1cccc(F)c1)S(C)(=O)=O. The first-order chi connectivity index (χ1) is 13.1. The lowest BCUT2D eigenvalue weighted by Crippen LogP contribution is -2.39. The number of amides is 1. The number of sulfonamides is 1. The van der Waals surface area contributed by atoms with Crippen molar-refractivity contribution in [2.24, 2.45) is 0 Å². The fraction of sp³-hybridized carbons (Fsp3) is 0.263. The van der Waals surface area contributed by atoms with Crippen LogP contribution < -0.4 is 9.62 Å². The molecule has 9 heteroatoms. The summed E-state index contributed by atoms with van der Waals surface area (Å²) in [5.74, 6) is -2.08. The summed E-state index contributed by atoms with van der Waals surface area (Å²) in [5, 5.41) is 2.42. The van der Waals surface area contributed by atoms with E-state index in [-0.39, 0.29) is 5.69 Å². The number of nitrogens with zero attached hydrogens (tertiary/aromatic N) is 1. The Morgan fingerprint density at radius 3 is 2.46 bits per heavy atom. The smallest absolute Gasteiger partial charge is 0.327 e. The number of esters is 1. The van der Waals surface area contributed by atoms with Crippen LogP contribution in [0.3, 0.4) is 0 Å². The molecule has 0 aliphatic heterocycles. The number of ether oxygens (including phenoxy) is 1. The molecule has 2 rings (SSSR count). The number of nitrogens with one attached hydrogen (secondary N) is 1. The maximum Gasteiger partial charge on any atom is 0.327 e. The van der Waals surface area contributed by atoms with Crippen molar-refractivity contribution in [1.82, 2.24) is 0 Å². The number of benzene rings is 2. The molecule has 0 unspecified atom stereocenters. The van der Waals surface area contributed by atoms with E-state index in [0.29, 0.717) is 11.3 Å². The standard InChI is InChI=1S/C19H21FN2O5S/c1-13-7-4-5-10-17(13)22(28(3,25)26)12-18(23)27-14(2)19(24)21-16-9-6-8-15(20)11-16/h4-11,14H,12H2,1-3H3,(H,21,24)/t14-/m1/s1. The summed E-state index contributed by atoms with van der Waals surface area (Å²) in [5.41, 5.74) is 1.22. The molecule has 150 valence electrons. The van der Waals surface area contributed by atoms with Crippen LogP contribution in [0.15, 0.2) is 48.5 Å². The van der Waals surface area contributed by atoms with Gasteiger partial charge < -0.3 is 10.1 Å². The van der Waals surface area contributed by atoms with Crippen LogP contribution in [0, 0.1) is 12.7 Å². The minimum Gasteiger partial charge on any atom is -0.451 e. The van der Waals surface area contributed by atoms with Crippen molar-refractivity contribution < 1.29 is 27.1 Å². The van der Waals surface area contributed by atoms with Crippen LogP contribution in [0.2, 0.25) is 0 Å². The number of hydrogen-bond donors (Lipinski definition) is 1. The lowest BCUT2D eigenvalue weighted by Gasteiger charge is -2.24. The Morgan fingerprint density at radius 2 is 1.86 bits per heavy atom. The van der Waals surface area contributed by atoms with E-state index in [1.807, 2.05) is 0 Å². The third-order valence-electron chi connectivity index (χ3n) is 3.83. The zero-order valence-electron chi connectivity index (χ0n) is 15.7. The van der Waals surface area contributed by atoms with Crippen LogP contribution in [0.1, 0.15) is 12.5 Å². The fourth-order valence-corrected chi connectivity index (χ4v) is 3.34. The predicted octanol–water partition coefficient (Wildman–Crippen LogP) is 2.47. The molecule has 0 aliphatic carbocycles. The van der Waals surface area contributed by atoms with Crippen LogP contribution >= 0.6 is 0 Å². The molecule has 0 radical (unpaired) electrons. The summed E-state index contributed by atoms with van der Waals surface area (Å²) in [6.07, 6.45) is -0.221. The Kier molecular flexibility index (Phi) is 6.74. The third kappa shape index (κ3) is 5.78. The largest absolute Gasteiger partial charge is 0.451 e. The van der Waals surface area contributed by atoms with Gasteiger partial charge in [0.1, 0.15) is 12.4 Å². The fourth-order valence-electron chi connectivity index (χ4n) is 2.44. The van der Waals surface area contributed by atoms with Crippen LogP contribution in [0.4, 0.5) is 15.8 Å². The monoisotopic (exact) mass is 408 g/mol. The minimum absolute atomic E-state index is 0.213. The number of para-hydroxylation sites is 1. The Balaban J connectivity index is 2.06. The van der Waals surface area contributed by atoms with Gasteiger partial charge in [0.2, 0.25) is 10.0 Å². The summed E-state index contributed by atoms with van der Waals surface area (Å²) in [7, 11) is -3.75. The molecule has 0 saturated carbocycles. The van der Waals surface area contributed by atoms with Crippen LogP contribution in [0.5, 0.6) is 0 Å². The highest BCUT2D eigenvalue weighted by Gasteiger charge is 2.25. The molecular weight excluding hydrogens is 387 g/mol. The Hall–Kier alpha value is -2.94. The van der Waals surface area contributed by atoms with Crippen molar-refractivity contribution in [2.45, 2.75) is 20.0 Å². The van der Waals surface area contributed by atoms with E-state index in [2.05, 4.69) is 5.32 Å². The number of anilines is 2. The number of halogens is 1. The average Bonchev–Trinajstić information content (AvgIpc) is 2.59. The predicted molar refractivity (Wildman–Crippen MR) is 104 cm³/mol. The maximum absolute atomic E-state index is 13.2. The number of aryl methyl sites for hydroxylation is 1. The van der Waals surface area contributed by atoms with E-state index in [4.69, 9.17) is 4.74 Å². The van der Waals surface area contributed by atoms with Crippen LogP contribution in [-0.4, -0.2) is 39.2 Å². The van der Waals surface area contributed by atoms with Gasteiger partial charge in [-0.25, -0.2) is 12.8 Å². The highest BCUT2D eigenvalue weighted by Crippen LogP contribution is 2.22. The second-order valence-corrected chi connectivity index (χ2v) is 8.09. The van der Waals surface area contributed by atoms with Gasteiger partial charge in [-0.3, -0.25) is 13.9 Å². The Morgan fingerprint density at radius 1 is 1.18 bits per heavy atom. The Bertz CT molecular complexity index is 978. The molecular formula is C19H21FN2O5S. The molecule has 2 aromatic rings. The van der Waals surface area contributed by atoms with E-state index < -0.39 is 40.4 Å². The second-order valence-electron chi connectivity index (χ2n) is 6.19. The first-order valence-electron chi connectivity index (χ1n) is 8.37. The van der Waals surface area contributed by atoms with Gasteiger partial charge in [-0.2, -0.15) is 0 Å². The molecule has 1 atom stereocenters. The summed E-state index contributed by atoms with van der Waals surface area (Å²) in [6.45, 7) is 2.47. The molecule has 0 bridgehead atoms. The first-order valence-corrected chi connectivity index (χ1v) is 10.2. The van der Waals surface area contributed by atoms with Gasteiger partial charge in [-0.05, 0) is 43.7 Å². The van der Waals surface area contributed by atoms with Crippen molar-refractivity contribution in [3.63, 3.8) is 0 Å². The lowest BCUT2D eigenvalue weighted by atomic mass is 10.2. The van der Waals surface area contributed by atoms with E-state index in [1.54, 1.807) is 31.2 Å². The number of carbonyl (C=O) groups excluding carboxylic acids is 2. The van der Waals surface area contributed by atoms with Crippen LogP contribution in [-0.2, 0) is 24.3 Å². The van der Waals surface area contributed by atoms with Crippen molar-refractivity contribution in [1.29, 1.82) is 0 Å². The van der Waals surface area contributed by atoms with E-state index in [0.717, 1.165) is 16.6 Å². The summed E-state index contributed by atoms with van der Waals surface area (Å²) in [6, 6.07) is 11.9. The lowest BCUT2D eigenvalue weighted by molar-refractivity contribution is -0.151. The van der Waals surface area contributed by atoms with Gasteiger partial charge in [0.15, 0.2) is 6.10 Å². The summed E-state index contributed by atoms with van der Waals surface area (Å²) >= 11 is 0. The van der Waals surface area contributed by atoms with Gasteiger partial charge in [0, 0.05) is 5.69 Å². The topological polar surface area (TPSA) is 92.8 Å². The second kappa shape index (κ2) is 8.83. The summed E-state index contributed by atoms with van der Waals surface area (Å²) < 4.78 is 43.4. The summed E-state index contributed by atoms with van der Waals surface area (Å²) in [4.78, 5) is 24.4. The number of rotatable bonds is 7. The molecule has 2 aromatic carbocycles. The maximum atomic E-state index is 13.2. The highest BCUT2D eigenvalue weighted by atomic mass is 32.2. The van der Waals surface area contributed by atoms with Gasteiger partial charge in [0.05, 0.1) is 11.9 Å². The van der Waals surface area contributed by atoms with Gasteiger partial charge in [0.25, 0.3) is 5.91 Å². The molecule has 0 aromatic heterocycles. The van der Waals surface area contributed by atoms with Crippen LogP contribution in [0.25, 0.3) is 0 Å².